The first-order chi connectivity index (χ1) is 11.8. The van der Waals surface area contributed by atoms with E-state index in [0.29, 0.717) is 5.56 Å². The summed E-state index contributed by atoms with van der Waals surface area (Å²) in [7, 11) is -1.33. The van der Waals surface area contributed by atoms with Gasteiger partial charge in [0.2, 0.25) is 0 Å². The van der Waals surface area contributed by atoms with E-state index in [1.165, 1.54) is 6.07 Å². The third kappa shape index (κ3) is 6.06. The largest absolute Gasteiger partial charge is 0.491 e. The van der Waals surface area contributed by atoms with Crippen LogP contribution in [0.3, 0.4) is 0 Å². The van der Waals surface area contributed by atoms with Crippen molar-refractivity contribution >= 4 is 8.07 Å². The van der Waals surface area contributed by atoms with Crippen molar-refractivity contribution in [3.05, 3.63) is 53.8 Å². The van der Waals surface area contributed by atoms with Crippen LogP contribution in [-0.4, -0.2) is 14.2 Å². The number of ether oxygens (including phenoxy) is 1. The number of benzene rings is 2. The van der Waals surface area contributed by atoms with Crippen molar-refractivity contribution in [2.45, 2.75) is 52.4 Å². The SMILES string of the molecule is CC(C)Oc1cc(-c2ccccc2F)ccc1CCC#C[Si](C)(C)C. The molecule has 0 aliphatic carbocycles. The van der Waals surface area contributed by atoms with E-state index in [0.717, 1.165) is 29.7 Å². The topological polar surface area (TPSA) is 9.23 Å². The molecule has 2 rings (SSSR count). The highest BCUT2D eigenvalue weighted by atomic mass is 28.3. The maximum Gasteiger partial charge on any atom is 0.131 e. The zero-order valence-electron chi connectivity index (χ0n) is 15.8. The van der Waals surface area contributed by atoms with Crippen LogP contribution in [0, 0.1) is 17.3 Å². The standard InChI is InChI=1S/C22H27FOSi/c1-17(2)24-22-16-19(20-11-6-7-12-21(20)23)14-13-18(22)10-8-9-15-25(3,4)5/h6-7,11-14,16-17H,8,10H2,1-5H3. The lowest BCUT2D eigenvalue weighted by molar-refractivity contribution is 0.240. The maximum absolute atomic E-state index is 14.1. The molecule has 0 N–H and O–H groups in total. The average Bonchev–Trinajstić information content (AvgIpc) is 2.51. The van der Waals surface area contributed by atoms with Crippen molar-refractivity contribution < 1.29 is 9.13 Å². The van der Waals surface area contributed by atoms with Gasteiger partial charge >= 0.3 is 0 Å². The summed E-state index contributed by atoms with van der Waals surface area (Å²) in [6.45, 7) is 10.7. The van der Waals surface area contributed by atoms with E-state index in [2.05, 4.69) is 31.1 Å². The van der Waals surface area contributed by atoms with Gasteiger partial charge in [-0.3, -0.25) is 0 Å². The summed E-state index contributed by atoms with van der Waals surface area (Å²) < 4.78 is 20.1. The van der Waals surface area contributed by atoms with Gasteiger partial charge in [0, 0.05) is 12.0 Å². The predicted octanol–water partition coefficient (Wildman–Crippen LogP) is 6.09. The molecular formula is C22H27FOSi. The molecule has 0 aliphatic heterocycles. The van der Waals surface area contributed by atoms with Crippen LogP contribution >= 0.6 is 0 Å². The van der Waals surface area contributed by atoms with Crippen LogP contribution in [0.1, 0.15) is 25.8 Å². The molecule has 0 aliphatic rings. The fourth-order valence-electron chi connectivity index (χ4n) is 2.51. The van der Waals surface area contributed by atoms with Gasteiger partial charge < -0.3 is 4.74 Å². The fraction of sp³-hybridized carbons (Fsp3) is 0.364. The summed E-state index contributed by atoms with van der Waals surface area (Å²) >= 11 is 0. The second-order valence-corrected chi connectivity index (χ2v) is 12.3. The fourth-order valence-corrected chi connectivity index (χ4v) is 3.17. The second-order valence-electron chi connectivity index (χ2n) is 7.52. The van der Waals surface area contributed by atoms with E-state index >= 15 is 0 Å². The normalized spacial score (nSPS) is 11.2. The lowest BCUT2D eigenvalue weighted by Crippen LogP contribution is -2.16. The lowest BCUT2D eigenvalue weighted by atomic mass is 10.0. The minimum atomic E-state index is -1.33. The Morgan fingerprint density at radius 3 is 2.44 bits per heavy atom. The molecule has 0 bridgehead atoms. The Morgan fingerprint density at radius 1 is 1.08 bits per heavy atom. The van der Waals surface area contributed by atoms with Crippen LogP contribution in [-0.2, 0) is 6.42 Å². The van der Waals surface area contributed by atoms with E-state index in [1.807, 2.05) is 38.1 Å². The monoisotopic (exact) mass is 354 g/mol. The smallest absolute Gasteiger partial charge is 0.131 e. The quantitative estimate of drug-likeness (QED) is 0.466. The highest BCUT2D eigenvalue weighted by Crippen LogP contribution is 2.30. The van der Waals surface area contributed by atoms with Crippen LogP contribution in [0.15, 0.2) is 42.5 Å². The summed E-state index contributed by atoms with van der Waals surface area (Å²) in [5.74, 6) is 3.91. The summed E-state index contributed by atoms with van der Waals surface area (Å²) in [6.07, 6.45) is 1.73. The molecule has 0 aromatic heterocycles. The number of halogens is 1. The van der Waals surface area contributed by atoms with Crippen molar-refractivity contribution in [1.82, 2.24) is 0 Å². The maximum atomic E-state index is 14.1. The first kappa shape index (κ1) is 19.3. The molecule has 0 atom stereocenters. The molecule has 25 heavy (non-hydrogen) atoms. The molecule has 3 heteroatoms. The Labute approximate surface area is 152 Å². The molecule has 0 unspecified atom stereocenters. The van der Waals surface area contributed by atoms with Crippen LogP contribution in [0.25, 0.3) is 11.1 Å². The number of aryl methyl sites for hydroxylation is 1. The molecule has 1 nitrogen and oxygen atoms in total. The first-order valence-corrected chi connectivity index (χ1v) is 12.3. The molecule has 0 amide bonds. The number of hydrogen-bond acceptors (Lipinski definition) is 1. The first-order valence-electron chi connectivity index (χ1n) is 8.81. The van der Waals surface area contributed by atoms with Gasteiger partial charge in [-0.1, -0.05) is 50.0 Å². The van der Waals surface area contributed by atoms with Crippen molar-refractivity contribution in [1.29, 1.82) is 0 Å². The van der Waals surface area contributed by atoms with Crippen LogP contribution in [0.2, 0.25) is 19.6 Å². The molecule has 0 radical (unpaired) electrons. The minimum Gasteiger partial charge on any atom is -0.491 e. The third-order valence-corrected chi connectivity index (χ3v) is 4.52. The van der Waals surface area contributed by atoms with E-state index in [9.17, 15) is 4.39 Å². The van der Waals surface area contributed by atoms with E-state index in [-0.39, 0.29) is 11.9 Å². The van der Waals surface area contributed by atoms with Crippen LogP contribution in [0.5, 0.6) is 5.75 Å². The van der Waals surface area contributed by atoms with Gasteiger partial charge in [-0.2, -0.15) is 0 Å². The van der Waals surface area contributed by atoms with Gasteiger partial charge in [-0.05, 0) is 43.5 Å². The Bertz CT molecular complexity index is 779. The van der Waals surface area contributed by atoms with E-state index in [4.69, 9.17) is 4.74 Å². The number of rotatable bonds is 5. The molecule has 0 heterocycles. The molecule has 0 saturated heterocycles. The van der Waals surface area contributed by atoms with E-state index < -0.39 is 8.07 Å². The van der Waals surface area contributed by atoms with E-state index in [1.54, 1.807) is 12.1 Å². The Hall–Kier alpha value is -2.05. The van der Waals surface area contributed by atoms with Gasteiger partial charge in [0.05, 0.1) is 6.10 Å². The summed E-state index contributed by atoms with van der Waals surface area (Å²) in [5, 5.41) is 0. The Morgan fingerprint density at radius 2 is 1.80 bits per heavy atom. The summed E-state index contributed by atoms with van der Waals surface area (Å²) in [4.78, 5) is 0. The summed E-state index contributed by atoms with van der Waals surface area (Å²) in [5.41, 5.74) is 5.96. The predicted molar refractivity (Wildman–Crippen MR) is 107 cm³/mol. The van der Waals surface area contributed by atoms with Crippen LogP contribution in [0.4, 0.5) is 4.39 Å². The van der Waals surface area contributed by atoms with Crippen molar-refractivity contribution in [2.24, 2.45) is 0 Å². The Kier molecular flexibility index (Phi) is 6.44. The average molecular weight is 355 g/mol. The van der Waals surface area contributed by atoms with Crippen LogP contribution < -0.4 is 4.74 Å². The molecular weight excluding hydrogens is 327 g/mol. The van der Waals surface area contributed by atoms with Gasteiger partial charge in [0.1, 0.15) is 19.6 Å². The third-order valence-electron chi connectivity index (χ3n) is 3.60. The zero-order chi connectivity index (χ0) is 18.4. The van der Waals surface area contributed by atoms with Crippen molar-refractivity contribution in [3.8, 4) is 28.3 Å². The minimum absolute atomic E-state index is 0.0719. The van der Waals surface area contributed by atoms with Crippen molar-refractivity contribution in [3.63, 3.8) is 0 Å². The highest BCUT2D eigenvalue weighted by molar-refractivity contribution is 6.83. The summed E-state index contributed by atoms with van der Waals surface area (Å²) in [6, 6.07) is 12.8. The zero-order valence-corrected chi connectivity index (χ0v) is 16.8. The molecule has 132 valence electrons. The van der Waals surface area contributed by atoms with Gasteiger partial charge in [-0.25, -0.2) is 4.39 Å². The number of hydrogen-bond donors (Lipinski definition) is 0. The highest BCUT2D eigenvalue weighted by Gasteiger charge is 2.11. The molecule has 2 aromatic carbocycles. The molecule has 0 spiro atoms. The van der Waals surface area contributed by atoms with Gasteiger partial charge in [-0.15, -0.1) is 11.5 Å². The molecule has 0 saturated carbocycles. The Balaban J connectivity index is 2.27. The van der Waals surface area contributed by atoms with Gasteiger partial charge in [0.15, 0.2) is 0 Å². The molecule has 2 aromatic rings. The van der Waals surface area contributed by atoms with Gasteiger partial charge in [0.25, 0.3) is 0 Å². The molecule has 0 fully saturated rings. The second kappa shape index (κ2) is 8.36. The van der Waals surface area contributed by atoms with Crippen molar-refractivity contribution in [2.75, 3.05) is 0 Å². The lowest BCUT2D eigenvalue weighted by Gasteiger charge is -2.16.